The number of hydrogen-bond acceptors (Lipinski definition) is 5. The third kappa shape index (κ3) is 6.07. The van der Waals surface area contributed by atoms with Gasteiger partial charge in [-0.3, -0.25) is 4.79 Å². The van der Waals surface area contributed by atoms with Crippen molar-refractivity contribution in [3.05, 3.63) is 64.7 Å². The number of carbonyl (C=O) groups excluding carboxylic acids is 2. The Balaban J connectivity index is 1.92. The minimum Gasteiger partial charge on any atom is -0.496 e. The van der Waals surface area contributed by atoms with Crippen molar-refractivity contribution in [3.8, 4) is 5.75 Å². The van der Waals surface area contributed by atoms with Crippen LogP contribution in [-0.4, -0.2) is 68.0 Å². The molecular formula is C25H31ClN4O4. The first-order valence-corrected chi connectivity index (χ1v) is 11.7. The number of ether oxygens (including phenoxy) is 2. The lowest BCUT2D eigenvalue weighted by molar-refractivity contribution is -0.133. The highest BCUT2D eigenvalue weighted by atomic mass is 35.5. The zero-order valence-electron chi connectivity index (χ0n) is 19.8. The molecular weight excluding hydrogens is 456 g/mol. The second-order valence-electron chi connectivity index (χ2n) is 7.87. The van der Waals surface area contributed by atoms with E-state index in [2.05, 4.69) is 10.4 Å². The molecule has 0 saturated heterocycles. The monoisotopic (exact) mass is 486 g/mol. The van der Waals surface area contributed by atoms with Crippen LogP contribution in [0.2, 0.25) is 5.02 Å². The number of para-hydroxylation sites is 1. The lowest BCUT2D eigenvalue weighted by Gasteiger charge is -2.27. The molecule has 1 N–H and O–H groups in total. The molecule has 0 saturated carbocycles. The molecule has 9 heteroatoms. The normalized spacial score (nSPS) is 15.1. The summed E-state index contributed by atoms with van der Waals surface area (Å²) in [6.07, 6.45) is 1.27. The number of nitrogens with zero attached hydrogens (tertiary/aromatic N) is 3. The van der Waals surface area contributed by atoms with Crippen molar-refractivity contribution in [2.45, 2.75) is 25.8 Å². The average Bonchev–Trinajstić information content (AvgIpc) is 3.30. The first-order chi connectivity index (χ1) is 16.5. The Labute approximate surface area is 205 Å². The van der Waals surface area contributed by atoms with Gasteiger partial charge in [-0.05, 0) is 18.6 Å². The van der Waals surface area contributed by atoms with Gasteiger partial charge in [-0.15, -0.1) is 0 Å². The fourth-order valence-electron chi connectivity index (χ4n) is 3.82. The number of rotatable bonds is 10. The zero-order valence-corrected chi connectivity index (χ0v) is 20.5. The topological polar surface area (TPSA) is 83.5 Å². The molecule has 8 nitrogen and oxygen atoms in total. The molecule has 1 aliphatic heterocycles. The lowest BCUT2D eigenvalue weighted by atomic mass is 9.97. The number of benzene rings is 2. The predicted molar refractivity (Wildman–Crippen MR) is 132 cm³/mol. The summed E-state index contributed by atoms with van der Waals surface area (Å²) in [6.45, 7) is 2.96. The van der Waals surface area contributed by atoms with E-state index in [0.29, 0.717) is 36.1 Å². The van der Waals surface area contributed by atoms with Gasteiger partial charge in [-0.2, -0.15) is 5.10 Å². The van der Waals surface area contributed by atoms with Crippen molar-refractivity contribution in [2.75, 3.05) is 40.5 Å². The van der Waals surface area contributed by atoms with Gasteiger partial charge in [0.05, 0.1) is 25.5 Å². The van der Waals surface area contributed by atoms with Crippen molar-refractivity contribution in [2.24, 2.45) is 5.10 Å². The number of carbonyl (C=O) groups is 2. The standard InChI is InChI=1S/C25H31ClN4O4/c1-4-13-27-25(32)29(14-15-33-2)17-24(31)30-22(19-10-6-8-12-23(19)34-3)16-21(28-30)18-9-5-7-11-20(18)26/h5-12,22H,4,13-17H2,1-3H3,(H,27,32)/t22-/m0/s1. The van der Waals surface area contributed by atoms with Crippen LogP contribution in [-0.2, 0) is 9.53 Å². The molecule has 0 radical (unpaired) electrons. The number of methoxy groups -OCH3 is 2. The number of halogens is 1. The molecule has 0 aliphatic carbocycles. The largest absolute Gasteiger partial charge is 0.496 e. The highest BCUT2D eigenvalue weighted by molar-refractivity contribution is 6.34. The summed E-state index contributed by atoms with van der Waals surface area (Å²) in [5, 5.41) is 9.52. The van der Waals surface area contributed by atoms with Gasteiger partial charge in [0.25, 0.3) is 5.91 Å². The molecule has 2 aromatic carbocycles. The number of urea groups is 1. The highest BCUT2D eigenvalue weighted by Gasteiger charge is 2.36. The molecule has 3 rings (SSSR count). The second-order valence-corrected chi connectivity index (χ2v) is 8.28. The van der Waals surface area contributed by atoms with Gasteiger partial charge in [0.1, 0.15) is 12.3 Å². The van der Waals surface area contributed by atoms with E-state index in [4.69, 9.17) is 21.1 Å². The van der Waals surface area contributed by atoms with Crippen LogP contribution < -0.4 is 10.1 Å². The smallest absolute Gasteiger partial charge is 0.317 e. The Morgan fingerprint density at radius 1 is 1.18 bits per heavy atom. The van der Waals surface area contributed by atoms with Crippen molar-refractivity contribution in [3.63, 3.8) is 0 Å². The summed E-state index contributed by atoms with van der Waals surface area (Å²) >= 11 is 6.43. The van der Waals surface area contributed by atoms with Gasteiger partial charge in [0.15, 0.2) is 0 Å². The Kier molecular flexibility index (Phi) is 9.30. The Morgan fingerprint density at radius 3 is 2.62 bits per heavy atom. The minimum atomic E-state index is -0.391. The molecule has 1 aliphatic rings. The Morgan fingerprint density at radius 2 is 1.91 bits per heavy atom. The summed E-state index contributed by atoms with van der Waals surface area (Å²) in [5.74, 6) is 0.360. The van der Waals surface area contributed by atoms with Crippen LogP contribution in [0.15, 0.2) is 53.6 Å². The number of hydrogen-bond donors (Lipinski definition) is 1. The fourth-order valence-corrected chi connectivity index (χ4v) is 4.06. The lowest BCUT2D eigenvalue weighted by Crippen LogP contribution is -2.47. The average molecular weight is 487 g/mol. The SMILES string of the molecule is CCCNC(=O)N(CCOC)CC(=O)N1N=C(c2ccccc2Cl)C[C@H]1c1ccccc1OC. The molecule has 1 heterocycles. The van der Waals surface area contributed by atoms with Gasteiger partial charge in [-0.25, -0.2) is 9.80 Å². The molecule has 2 aromatic rings. The van der Waals surface area contributed by atoms with Crippen LogP contribution in [0, 0.1) is 0 Å². The van der Waals surface area contributed by atoms with E-state index < -0.39 is 6.04 Å². The molecule has 0 fully saturated rings. The molecule has 3 amide bonds. The Bertz CT molecular complexity index is 1030. The van der Waals surface area contributed by atoms with Crippen LogP contribution in [0.4, 0.5) is 4.79 Å². The maximum atomic E-state index is 13.5. The molecule has 0 aromatic heterocycles. The van der Waals surface area contributed by atoms with Gasteiger partial charge >= 0.3 is 6.03 Å². The van der Waals surface area contributed by atoms with E-state index in [-0.39, 0.29) is 25.0 Å². The van der Waals surface area contributed by atoms with Crippen molar-refractivity contribution in [1.82, 2.24) is 15.2 Å². The summed E-state index contributed by atoms with van der Waals surface area (Å²) < 4.78 is 10.7. The second kappa shape index (κ2) is 12.4. The summed E-state index contributed by atoms with van der Waals surface area (Å²) in [5.41, 5.74) is 2.31. The van der Waals surface area contributed by atoms with Gasteiger partial charge in [-0.1, -0.05) is 54.9 Å². The van der Waals surface area contributed by atoms with Crippen LogP contribution >= 0.6 is 11.6 Å². The van der Waals surface area contributed by atoms with Crippen LogP contribution in [0.3, 0.4) is 0 Å². The van der Waals surface area contributed by atoms with E-state index in [1.54, 1.807) is 20.3 Å². The molecule has 0 spiro atoms. The van der Waals surface area contributed by atoms with Crippen molar-refractivity contribution < 1.29 is 19.1 Å². The van der Waals surface area contributed by atoms with Crippen LogP contribution in [0.1, 0.15) is 36.9 Å². The first-order valence-electron chi connectivity index (χ1n) is 11.3. The molecule has 182 valence electrons. The molecule has 0 unspecified atom stereocenters. The maximum absolute atomic E-state index is 13.5. The van der Waals surface area contributed by atoms with E-state index in [0.717, 1.165) is 17.5 Å². The third-order valence-electron chi connectivity index (χ3n) is 5.55. The zero-order chi connectivity index (χ0) is 24.5. The van der Waals surface area contributed by atoms with E-state index in [9.17, 15) is 9.59 Å². The highest BCUT2D eigenvalue weighted by Crippen LogP contribution is 2.38. The fraction of sp³-hybridized carbons (Fsp3) is 0.400. The predicted octanol–water partition coefficient (Wildman–Crippen LogP) is 4.09. The minimum absolute atomic E-state index is 0.135. The van der Waals surface area contributed by atoms with Crippen molar-refractivity contribution >= 4 is 29.3 Å². The van der Waals surface area contributed by atoms with Crippen molar-refractivity contribution in [1.29, 1.82) is 0 Å². The first kappa shape index (κ1) is 25.5. The number of hydrazone groups is 1. The van der Waals surface area contributed by atoms with E-state index in [1.165, 1.54) is 9.91 Å². The maximum Gasteiger partial charge on any atom is 0.317 e. The quantitative estimate of drug-likeness (QED) is 0.548. The molecule has 0 bridgehead atoms. The van der Waals surface area contributed by atoms with Gasteiger partial charge in [0.2, 0.25) is 0 Å². The summed E-state index contributed by atoms with van der Waals surface area (Å²) in [6, 6.07) is 14.3. The van der Waals surface area contributed by atoms with Crippen LogP contribution in [0.25, 0.3) is 0 Å². The van der Waals surface area contributed by atoms with E-state index in [1.807, 2.05) is 49.4 Å². The molecule has 1 atom stereocenters. The van der Waals surface area contributed by atoms with Gasteiger partial charge in [0, 0.05) is 42.8 Å². The Hall–Kier alpha value is -3.10. The van der Waals surface area contributed by atoms with Gasteiger partial charge < -0.3 is 19.7 Å². The van der Waals surface area contributed by atoms with Crippen LogP contribution in [0.5, 0.6) is 5.75 Å². The number of nitrogens with one attached hydrogen (secondary N) is 1. The van der Waals surface area contributed by atoms with E-state index >= 15 is 0 Å². The molecule has 34 heavy (non-hydrogen) atoms. The third-order valence-corrected chi connectivity index (χ3v) is 5.88. The number of amides is 3. The summed E-state index contributed by atoms with van der Waals surface area (Å²) in [7, 11) is 3.16. The summed E-state index contributed by atoms with van der Waals surface area (Å²) in [4.78, 5) is 27.6.